The van der Waals surface area contributed by atoms with Crippen molar-refractivity contribution in [2.75, 3.05) is 39.5 Å². The highest BCUT2D eigenvalue weighted by Gasteiger charge is 2.23. The van der Waals surface area contributed by atoms with Gasteiger partial charge in [0.05, 0.1) is 32.9 Å². The molecule has 0 rings (SSSR count). The summed E-state index contributed by atoms with van der Waals surface area (Å²) in [6.45, 7) is 11.5. The largest absolute Gasteiger partial charge is 0.459 e. The third kappa shape index (κ3) is 14.2. The summed E-state index contributed by atoms with van der Waals surface area (Å²) in [6, 6.07) is 0. The lowest BCUT2D eigenvalue weighted by Crippen LogP contribution is -2.41. The molecule has 0 aliphatic carbocycles. The molecule has 23 heavy (non-hydrogen) atoms. The van der Waals surface area contributed by atoms with Gasteiger partial charge >= 0.3 is 11.9 Å². The molecule has 0 aromatic rings. The van der Waals surface area contributed by atoms with Gasteiger partial charge in [0.1, 0.15) is 11.2 Å². The normalized spacial score (nSPS) is 12.3. The number of ether oxygens (including phenoxy) is 3. The summed E-state index contributed by atoms with van der Waals surface area (Å²) >= 11 is 0. The van der Waals surface area contributed by atoms with Crippen molar-refractivity contribution in [1.29, 1.82) is 0 Å². The summed E-state index contributed by atoms with van der Waals surface area (Å²) in [5, 5.41) is 8.69. The van der Waals surface area contributed by atoms with Crippen LogP contribution in [0.4, 0.5) is 0 Å². The average Bonchev–Trinajstić information content (AvgIpc) is 2.29. The standard InChI is InChI=1S/C16H31NO6/c1-15(2,3)22-13(19)11-17(7-9-21-10-8-18)12-14(20)23-16(4,5)6/h18H,7-12H2,1-6H3. The second kappa shape index (κ2) is 9.85. The lowest BCUT2D eigenvalue weighted by Gasteiger charge is -2.26. The van der Waals surface area contributed by atoms with Crippen LogP contribution in [0.15, 0.2) is 0 Å². The summed E-state index contributed by atoms with van der Waals surface area (Å²) in [7, 11) is 0. The van der Waals surface area contributed by atoms with E-state index in [1.54, 1.807) is 46.4 Å². The summed E-state index contributed by atoms with van der Waals surface area (Å²) in [5.41, 5.74) is -1.16. The van der Waals surface area contributed by atoms with Crippen molar-refractivity contribution in [3.05, 3.63) is 0 Å². The van der Waals surface area contributed by atoms with Gasteiger partial charge in [-0.05, 0) is 41.5 Å². The van der Waals surface area contributed by atoms with Gasteiger partial charge in [0.2, 0.25) is 0 Å². The fourth-order valence-electron chi connectivity index (χ4n) is 1.69. The van der Waals surface area contributed by atoms with E-state index in [9.17, 15) is 9.59 Å². The lowest BCUT2D eigenvalue weighted by molar-refractivity contribution is -0.160. The van der Waals surface area contributed by atoms with Gasteiger partial charge in [-0.1, -0.05) is 0 Å². The van der Waals surface area contributed by atoms with Gasteiger partial charge in [0, 0.05) is 6.54 Å². The molecular weight excluding hydrogens is 302 g/mol. The zero-order valence-electron chi connectivity index (χ0n) is 15.2. The van der Waals surface area contributed by atoms with E-state index in [2.05, 4.69) is 0 Å². The molecule has 0 bridgehead atoms. The number of rotatable bonds is 9. The van der Waals surface area contributed by atoms with Crippen LogP contribution in [0.5, 0.6) is 0 Å². The predicted octanol–water partition coefficient (Wildman–Crippen LogP) is 0.981. The number of hydrogen-bond donors (Lipinski definition) is 1. The van der Waals surface area contributed by atoms with Crippen LogP contribution >= 0.6 is 0 Å². The van der Waals surface area contributed by atoms with Crippen molar-refractivity contribution in [3.63, 3.8) is 0 Å². The molecule has 0 aliphatic heterocycles. The third-order valence-electron chi connectivity index (χ3n) is 2.33. The quantitative estimate of drug-likeness (QED) is 0.497. The number of aliphatic hydroxyl groups excluding tert-OH is 1. The molecule has 0 heterocycles. The van der Waals surface area contributed by atoms with E-state index >= 15 is 0 Å². The Labute approximate surface area is 138 Å². The number of hydrogen-bond acceptors (Lipinski definition) is 7. The molecule has 1 N–H and O–H groups in total. The zero-order valence-corrected chi connectivity index (χ0v) is 15.2. The lowest BCUT2D eigenvalue weighted by atomic mass is 10.2. The van der Waals surface area contributed by atoms with Crippen molar-refractivity contribution < 1.29 is 28.9 Å². The number of carbonyl (C=O) groups excluding carboxylic acids is 2. The molecule has 0 saturated carbocycles. The highest BCUT2D eigenvalue weighted by molar-refractivity contribution is 5.75. The molecule has 0 radical (unpaired) electrons. The third-order valence-corrected chi connectivity index (χ3v) is 2.33. The number of aliphatic hydroxyl groups is 1. The molecule has 0 aromatic heterocycles. The zero-order chi connectivity index (χ0) is 18.1. The Morgan fingerprint density at radius 2 is 1.30 bits per heavy atom. The van der Waals surface area contributed by atoms with Gasteiger partial charge in [-0.2, -0.15) is 0 Å². The van der Waals surface area contributed by atoms with Crippen LogP contribution in [0.3, 0.4) is 0 Å². The van der Waals surface area contributed by atoms with Crippen molar-refractivity contribution in [3.8, 4) is 0 Å². The Morgan fingerprint density at radius 1 is 0.870 bits per heavy atom. The van der Waals surface area contributed by atoms with E-state index in [-0.39, 0.29) is 26.3 Å². The molecule has 0 unspecified atom stereocenters. The Kier molecular flexibility index (Phi) is 9.34. The van der Waals surface area contributed by atoms with Gasteiger partial charge in [-0.15, -0.1) is 0 Å². The van der Waals surface area contributed by atoms with Crippen molar-refractivity contribution in [2.45, 2.75) is 52.7 Å². The second-order valence-corrected chi connectivity index (χ2v) is 7.22. The molecule has 7 nitrogen and oxygen atoms in total. The van der Waals surface area contributed by atoms with E-state index < -0.39 is 23.1 Å². The molecule has 0 atom stereocenters. The van der Waals surface area contributed by atoms with Gasteiger partial charge in [0.15, 0.2) is 0 Å². The maximum Gasteiger partial charge on any atom is 0.320 e. The molecule has 0 saturated heterocycles. The first-order valence-corrected chi connectivity index (χ1v) is 7.77. The van der Waals surface area contributed by atoms with Crippen LogP contribution in [0.25, 0.3) is 0 Å². The van der Waals surface area contributed by atoms with Gasteiger partial charge in [-0.3, -0.25) is 14.5 Å². The van der Waals surface area contributed by atoms with Gasteiger partial charge in [0.25, 0.3) is 0 Å². The van der Waals surface area contributed by atoms with Crippen LogP contribution in [0.2, 0.25) is 0 Å². The Bertz CT molecular complexity index is 340. The number of esters is 2. The van der Waals surface area contributed by atoms with Crippen LogP contribution in [0, 0.1) is 0 Å². The van der Waals surface area contributed by atoms with Crippen LogP contribution in [-0.4, -0.2) is 72.6 Å². The molecule has 136 valence electrons. The SMILES string of the molecule is CC(C)(C)OC(=O)CN(CCOCCO)CC(=O)OC(C)(C)C. The number of carbonyl (C=O) groups is 2. The Morgan fingerprint density at radius 3 is 1.65 bits per heavy atom. The predicted molar refractivity (Wildman–Crippen MR) is 86.0 cm³/mol. The first-order valence-electron chi connectivity index (χ1n) is 7.77. The molecule has 0 aliphatic rings. The first kappa shape index (κ1) is 21.8. The van der Waals surface area contributed by atoms with E-state index in [0.29, 0.717) is 13.2 Å². The molecule has 0 fully saturated rings. The topological polar surface area (TPSA) is 85.3 Å². The maximum atomic E-state index is 11.9. The molecule has 0 aromatic carbocycles. The maximum absolute atomic E-state index is 11.9. The van der Waals surface area contributed by atoms with Crippen molar-refractivity contribution in [1.82, 2.24) is 4.90 Å². The number of nitrogens with zero attached hydrogens (tertiary/aromatic N) is 1. The molecular formula is C16H31NO6. The van der Waals surface area contributed by atoms with Crippen molar-refractivity contribution in [2.24, 2.45) is 0 Å². The fraction of sp³-hybridized carbons (Fsp3) is 0.875. The summed E-state index contributed by atoms with van der Waals surface area (Å²) in [5.74, 6) is -0.827. The Balaban J connectivity index is 4.55. The first-order chi connectivity index (χ1) is 10.4. The highest BCUT2D eigenvalue weighted by atomic mass is 16.6. The highest BCUT2D eigenvalue weighted by Crippen LogP contribution is 2.09. The van der Waals surface area contributed by atoms with Crippen LogP contribution in [0.1, 0.15) is 41.5 Å². The smallest absolute Gasteiger partial charge is 0.320 e. The molecule has 7 heteroatoms. The van der Waals surface area contributed by atoms with E-state index in [1.165, 1.54) is 0 Å². The minimum Gasteiger partial charge on any atom is -0.459 e. The van der Waals surface area contributed by atoms with E-state index in [4.69, 9.17) is 19.3 Å². The monoisotopic (exact) mass is 333 g/mol. The van der Waals surface area contributed by atoms with Crippen LogP contribution < -0.4 is 0 Å². The minimum atomic E-state index is -0.581. The van der Waals surface area contributed by atoms with Crippen LogP contribution in [-0.2, 0) is 23.8 Å². The summed E-state index contributed by atoms with van der Waals surface area (Å²) in [4.78, 5) is 25.5. The fourth-order valence-corrected chi connectivity index (χ4v) is 1.69. The molecule has 0 spiro atoms. The van der Waals surface area contributed by atoms with E-state index in [0.717, 1.165) is 0 Å². The second-order valence-electron chi connectivity index (χ2n) is 7.22. The van der Waals surface area contributed by atoms with Crippen molar-refractivity contribution >= 4 is 11.9 Å². The molecule has 0 amide bonds. The minimum absolute atomic E-state index is 0.0288. The van der Waals surface area contributed by atoms with Gasteiger partial charge < -0.3 is 19.3 Å². The summed E-state index contributed by atoms with van der Waals surface area (Å²) in [6.07, 6.45) is 0. The van der Waals surface area contributed by atoms with Gasteiger partial charge in [-0.25, -0.2) is 0 Å². The Hall–Kier alpha value is -1.18. The van der Waals surface area contributed by atoms with E-state index in [1.807, 2.05) is 0 Å². The summed E-state index contributed by atoms with van der Waals surface area (Å²) < 4.78 is 15.7. The average molecular weight is 333 g/mol.